The van der Waals surface area contributed by atoms with Gasteiger partial charge in [-0.05, 0) is 37.1 Å². The third-order valence-electron chi connectivity index (χ3n) is 5.40. The summed E-state index contributed by atoms with van der Waals surface area (Å²) in [5, 5.41) is 0. The van der Waals surface area contributed by atoms with Gasteiger partial charge < -0.3 is 14.2 Å². The number of ether oxygens (including phenoxy) is 3. The molecule has 0 aliphatic heterocycles. The van der Waals surface area contributed by atoms with Crippen LogP contribution in [0.1, 0.15) is 84.5 Å². The number of aromatic nitrogens is 2. The topological polar surface area (TPSA) is 53.5 Å². The highest BCUT2D eigenvalue weighted by molar-refractivity contribution is 5.56. The van der Waals surface area contributed by atoms with E-state index in [2.05, 4.69) is 23.8 Å². The molecule has 178 valence electrons. The lowest BCUT2D eigenvalue weighted by Gasteiger charge is -2.08. The van der Waals surface area contributed by atoms with E-state index >= 15 is 0 Å². The molecule has 1 aromatic carbocycles. The average Bonchev–Trinajstić information content (AvgIpc) is 2.83. The molecule has 0 amide bonds. The summed E-state index contributed by atoms with van der Waals surface area (Å²) in [6.45, 7) is 7.15. The van der Waals surface area contributed by atoms with E-state index in [1.165, 1.54) is 57.8 Å². The van der Waals surface area contributed by atoms with Crippen molar-refractivity contribution in [2.75, 3.05) is 26.4 Å². The summed E-state index contributed by atoms with van der Waals surface area (Å²) in [7, 11) is 0. The first-order valence-electron chi connectivity index (χ1n) is 12.6. The van der Waals surface area contributed by atoms with Gasteiger partial charge in [-0.15, -0.1) is 0 Å². The van der Waals surface area contributed by atoms with Crippen LogP contribution < -0.4 is 9.47 Å². The number of hydrogen-bond donors (Lipinski definition) is 0. The molecule has 5 nitrogen and oxygen atoms in total. The molecular weight excluding hydrogens is 400 g/mol. The first-order valence-corrected chi connectivity index (χ1v) is 12.6. The van der Waals surface area contributed by atoms with Crippen LogP contribution in [0.2, 0.25) is 0 Å². The lowest BCUT2D eigenvalue weighted by Crippen LogP contribution is -2.08. The fourth-order valence-electron chi connectivity index (χ4n) is 3.44. The van der Waals surface area contributed by atoms with Gasteiger partial charge in [0.05, 0.1) is 25.6 Å². The van der Waals surface area contributed by atoms with Gasteiger partial charge in [0.2, 0.25) is 0 Å². The van der Waals surface area contributed by atoms with Crippen LogP contribution in [0.3, 0.4) is 0 Å². The van der Waals surface area contributed by atoms with Crippen LogP contribution in [0.5, 0.6) is 11.5 Å². The Morgan fingerprint density at radius 3 is 1.81 bits per heavy atom. The number of hydrogen-bond acceptors (Lipinski definition) is 5. The number of rotatable bonds is 19. The van der Waals surface area contributed by atoms with Crippen molar-refractivity contribution in [1.82, 2.24) is 9.97 Å². The van der Waals surface area contributed by atoms with Crippen molar-refractivity contribution in [2.45, 2.75) is 84.5 Å². The minimum atomic E-state index is 0.515. The zero-order valence-electron chi connectivity index (χ0n) is 20.2. The summed E-state index contributed by atoms with van der Waals surface area (Å²) in [5.74, 6) is 2.25. The maximum atomic E-state index is 5.86. The Morgan fingerprint density at radius 2 is 1.12 bits per heavy atom. The molecule has 0 bridgehead atoms. The van der Waals surface area contributed by atoms with Crippen LogP contribution in [0.4, 0.5) is 0 Å². The Kier molecular flexibility index (Phi) is 14.2. The third kappa shape index (κ3) is 11.5. The second-order valence-corrected chi connectivity index (χ2v) is 8.26. The Balaban J connectivity index is 1.61. The van der Waals surface area contributed by atoms with Crippen LogP contribution in [-0.4, -0.2) is 36.4 Å². The second kappa shape index (κ2) is 17.4. The molecule has 1 aromatic heterocycles. The summed E-state index contributed by atoms with van der Waals surface area (Å²) in [6, 6.07) is 7.98. The van der Waals surface area contributed by atoms with Crippen molar-refractivity contribution < 1.29 is 14.2 Å². The van der Waals surface area contributed by atoms with E-state index in [-0.39, 0.29) is 0 Å². The summed E-state index contributed by atoms with van der Waals surface area (Å²) in [4.78, 5) is 8.85. The average molecular weight is 443 g/mol. The highest BCUT2D eigenvalue weighted by Crippen LogP contribution is 2.20. The van der Waals surface area contributed by atoms with Gasteiger partial charge in [-0.2, -0.15) is 0 Å². The van der Waals surface area contributed by atoms with Crippen LogP contribution >= 0.6 is 0 Å². The lowest BCUT2D eigenvalue weighted by molar-refractivity contribution is 0.0969. The minimum Gasteiger partial charge on any atom is -0.494 e. The van der Waals surface area contributed by atoms with Crippen LogP contribution in [0.25, 0.3) is 11.4 Å². The van der Waals surface area contributed by atoms with Crippen LogP contribution in [0, 0.1) is 0 Å². The molecule has 0 aliphatic carbocycles. The van der Waals surface area contributed by atoms with Crippen molar-refractivity contribution in [3.05, 3.63) is 36.7 Å². The lowest BCUT2D eigenvalue weighted by atomic mass is 10.1. The van der Waals surface area contributed by atoms with Gasteiger partial charge in [-0.1, -0.05) is 71.6 Å². The van der Waals surface area contributed by atoms with E-state index in [0.717, 1.165) is 37.4 Å². The Morgan fingerprint density at radius 1 is 0.562 bits per heavy atom. The van der Waals surface area contributed by atoms with Crippen molar-refractivity contribution >= 4 is 0 Å². The Bertz CT molecular complexity index is 628. The summed E-state index contributed by atoms with van der Waals surface area (Å²) in [5.41, 5.74) is 0.968. The molecule has 0 aliphatic rings. The highest BCUT2D eigenvalue weighted by Gasteiger charge is 2.03. The van der Waals surface area contributed by atoms with E-state index in [1.807, 2.05) is 24.3 Å². The highest BCUT2D eigenvalue weighted by atomic mass is 16.5. The molecule has 0 radical (unpaired) electrons. The SMILES string of the molecule is CCCCCCCCCOc1ccc(-c2ncc(OCCOCCCCCC)cn2)cc1. The maximum absolute atomic E-state index is 5.86. The molecule has 5 heteroatoms. The van der Waals surface area contributed by atoms with Crippen LogP contribution in [-0.2, 0) is 4.74 Å². The van der Waals surface area contributed by atoms with Gasteiger partial charge in [0.15, 0.2) is 11.6 Å². The van der Waals surface area contributed by atoms with Gasteiger partial charge in [0.25, 0.3) is 0 Å². The smallest absolute Gasteiger partial charge is 0.159 e. The molecule has 0 atom stereocenters. The van der Waals surface area contributed by atoms with Gasteiger partial charge in [-0.3, -0.25) is 0 Å². The number of unbranched alkanes of at least 4 members (excludes halogenated alkanes) is 9. The largest absolute Gasteiger partial charge is 0.494 e. The predicted octanol–water partition coefficient (Wildman–Crippen LogP) is 7.25. The predicted molar refractivity (Wildman–Crippen MR) is 131 cm³/mol. The molecule has 32 heavy (non-hydrogen) atoms. The first kappa shape index (κ1) is 26.1. The molecule has 0 N–H and O–H groups in total. The quantitative estimate of drug-likeness (QED) is 0.214. The fraction of sp³-hybridized carbons (Fsp3) is 0.630. The van der Waals surface area contributed by atoms with E-state index in [9.17, 15) is 0 Å². The number of benzene rings is 1. The van der Waals surface area contributed by atoms with Crippen molar-refractivity contribution in [2.24, 2.45) is 0 Å². The van der Waals surface area contributed by atoms with Crippen molar-refractivity contribution in [3.63, 3.8) is 0 Å². The number of nitrogens with zero attached hydrogens (tertiary/aromatic N) is 2. The molecule has 1 heterocycles. The third-order valence-corrected chi connectivity index (χ3v) is 5.40. The molecule has 2 aromatic rings. The first-order chi connectivity index (χ1) is 15.8. The second-order valence-electron chi connectivity index (χ2n) is 8.26. The van der Waals surface area contributed by atoms with Crippen LogP contribution in [0.15, 0.2) is 36.7 Å². The van der Waals surface area contributed by atoms with Gasteiger partial charge in [0.1, 0.15) is 12.4 Å². The Hall–Kier alpha value is -2.14. The van der Waals surface area contributed by atoms with E-state index in [0.29, 0.717) is 24.8 Å². The summed E-state index contributed by atoms with van der Waals surface area (Å²) >= 11 is 0. The van der Waals surface area contributed by atoms with Gasteiger partial charge in [-0.25, -0.2) is 9.97 Å². The van der Waals surface area contributed by atoms with Gasteiger partial charge >= 0.3 is 0 Å². The zero-order chi connectivity index (χ0) is 22.7. The molecule has 0 fully saturated rings. The maximum Gasteiger partial charge on any atom is 0.159 e. The monoisotopic (exact) mass is 442 g/mol. The fourth-order valence-corrected chi connectivity index (χ4v) is 3.44. The summed E-state index contributed by atoms with van der Waals surface area (Å²) < 4.78 is 17.1. The van der Waals surface area contributed by atoms with E-state index < -0.39 is 0 Å². The molecule has 0 saturated heterocycles. The van der Waals surface area contributed by atoms with E-state index in [1.54, 1.807) is 12.4 Å². The molecule has 0 saturated carbocycles. The van der Waals surface area contributed by atoms with E-state index in [4.69, 9.17) is 14.2 Å². The standard InChI is InChI=1S/C27H42N2O3/c1-3-5-7-9-10-11-13-19-31-25-16-14-24(15-17-25)27-28-22-26(23-29-27)32-21-20-30-18-12-8-6-4-2/h14-17,22-23H,3-13,18-21H2,1-2H3. The Labute approximate surface area is 194 Å². The van der Waals surface area contributed by atoms with Crippen molar-refractivity contribution in [3.8, 4) is 22.9 Å². The minimum absolute atomic E-state index is 0.515. The molecular formula is C27H42N2O3. The molecule has 2 rings (SSSR count). The van der Waals surface area contributed by atoms with Crippen molar-refractivity contribution in [1.29, 1.82) is 0 Å². The normalized spacial score (nSPS) is 10.9. The summed E-state index contributed by atoms with van der Waals surface area (Å²) in [6.07, 6.45) is 17.3. The van der Waals surface area contributed by atoms with Gasteiger partial charge in [0, 0.05) is 12.2 Å². The molecule has 0 unspecified atom stereocenters. The molecule has 0 spiro atoms. The zero-order valence-corrected chi connectivity index (χ0v) is 20.2.